The fraction of sp³-hybridized carbons (Fsp3) is 0.500. The highest BCUT2D eigenvalue weighted by Gasteiger charge is 2.34. The largest absolute Gasteiger partial charge is 0.412 e. The van der Waals surface area contributed by atoms with Crippen LogP contribution in [0.3, 0.4) is 0 Å². The van der Waals surface area contributed by atoms with Crippen molar-refractivity contribution in [2.75, 3.05) is 0 Å². The van der Waals surface area contributed by atoms with E-state index < -0.39 is 17.9 Å². The molecular formula is C12H15F3O. The molecule has 0 bridgehead atoms. The van der Waals surface area contributed by atoms with Crippen molar-refractivity contribution in [3.8, 4) is 0 Å². The quantitative estimate of drug-likeness (QED) is 0.677. The lowest BCUT2D eigenvalue weighted by Crippen LogP contribution is -2.14. The van der Waals surface area contributed by atoms with Gasteiger partial charge in [-0.15, -0.1) is 0 Å². The van der Waals surface area contributed by atoms with Crippen molar-refractivity contribution in [2.24, 2.45) is 0 Å². The van der Waals surface area contributed by atoms with Crippen LogP contribution in [0.5, 0.6) is 0 Å². The van der Waals surface area contributed by atoms with Crippen LogP contribution in [0.2, 0.25) is 0 Å². The second kappa shape index (κ2) is 4.87. The number of aliphatic hydroxyl groups is 1. The topological polar surface area (TPSA) is 20.2 Å². The lowest BCUT2D eigenvalue weighted by Gasteiger charge is -2.14. The molecule has 0 fully saturated rings. The maximum Gasteiger partial charge on any atom is 0.412 e. The van der Waals surface area contributed by atoms with Crippen LogP contribution < -0.4 is 0 Å². The summed E-state index contributed by atoms with van der Waals surface area (Å²) in [5, 5.41) is 9.53. The number of hydrogen-bond acceptors (Lipinski definition) is 1. The molecule has 1 nitrogen and oxygen atoms in total. The van der Waals surface area contributed by atoms with Crippen LogP contribution in [-0.4, -0.2) is 17.4 Å². The van der Waals surface area contributed by atoms with E-state index in [0.717, 1.165) is 0 Å². The van der Waals surface area contributed by atoms with Gasteiger partial charge in [0.05, 0.1) is 6.10 Å². The fourth-order valence-electron chi connectivity index (χ4n) is 1.66. The van der Waals surface area contributed by atoms with Gasteiger partial charge in [-0.25, -0.2) is 0 Å². The Morgan fingerprint density at radius 3 is 2.56 bits per heavy atom. The number of aliphatic hydroxyl groups excluding tert-OH is 1. The first-order valence-electron chi connectivity index (χ1n) is 5.14. The molecule has 1 rings (SSSR count). The summed E-state index contributed by atoms with van der Waals surface area (Å²) in [6.45, 7) is 5.05. The average molecular weight is 232 g/mol. The Bertz CT molecular complexity index is 337. The zero-order valence-electron chi connectivity index (χ0n) is 9.14. The second-order valence-corrected chi connectivity index (χ2v) is 3.98. The van der Waals surface area contributed by atoms with Crippen LogP contribution in [-0.2, 0) is 0 Å². The molecule has 0 spiro atoms. The standard InChI is InChI=1S/C12H15F3O/c1-8-6-7-9(2)11(16)5-3-4-10(8)12(13,14)15/h6-7,11,16H,2-5H2,1H3/b7-6-,10-8+/t11-/m0/s1. The van der Waals surface area contributed by atoms with Gasteiger partial charge in [-0.1, -0.05) is 18.7 Å². The minimum absolute atomic E-state index is 0.0516. The second-order valence-electron chi connectivity index (χ2n) is 3.98. The molecule has 16 heavy (non-hydrogen) atoms. The average Bonchev–Trinajstić information content (AvgIpc) is 2.22. The van der Waals surface area contributed by atoms with Crippen molar-refractivity contribution >= 4 is 0 Å². The molecule has 90 valence electrons. The molecule has 0 heterocycles. The van der Waals surface area contributed by atoms with Crippen LogP contribution in [0, 0.1) is 0 Å². The molecule has 1 atom stereocenters. The first-order valence-corrected chi connectivity index (χ1v) is 5.14. The van der Waals surface area contributed by atoms with E-state index in [-0.39, 0.29) is 12.0 Å². The molecule has 0 radical (unpaired) electrons. The Hall–Kier alpha value is -1.03. The molecule has 0 saturated heterocycles. The van der Waals surface area contributed by atoms with E-state index in [9.17, 15) is 18.3 Å². The van der Waals surface area contributed by atoms with Crippen molar-refractivity contribution in [3.63, 3.8) is 0 Å². The number of allylic oxidation sites excluding steroid dienone is 3. The molecule has 1 aliphatic carbocycles. The van der Waals surface area contributed by atoms with Crippen molar-refractivity contribution in [2.45, 2.75) is 38.5 Å². The highest BCUT2D eigenvalue weighted by Crippen LogP contribution is 2.33. The van der Waals surface area contributed by atoms with Crippen molar-refractivity contribution < 1.29 is 18.3 Å². The monoisotopic (exact) mass is 232 g/mol. The highest BCUT2D eigenvalue weighted by molar-refractivity contribution is 5.33. The van der Waals surface area contributed by atoms with Crippen molar-refractivity contribution in [1.29, 1.82) is 0 Å². The van der Waals surface area contributed by atoms with Gasteiger partial charge in [-0.2, -0.15) is 13.2 Å². The molecule has 0 amide bonds. The van der Waals surface area contributed by atoms with Gasteiger partial charge in [0.25, 0.3) is 0 Å². The van der Waals surface area contributed by atoms with Gasteiger partial charge in [-0.3, -0.25) is 0 Å². The third-order valence-corrected chi connectivity index (χ3v) is 2.70. The van der Waals surface area contributed by atoms with Crippen LogP contribution >= 0.6 is 0 Å². The van der Waals surface area contributed by atoms with Gasteiger partial charge in [0.15, 0.2) is 0 Å². The smallest absolute Gasteiger partial charge is 0.388 e. The molecule has 1 N–H and O–H groups in total. The summed E-state index contributed by atoms with van der Waals surface area (Å²) in [4.78, 5) is 0. The molecule has 0 unspecified atom stereocenters. The first kappa shape index (κ1) is 13.0. The normalized spacial score (nSPS) is 30.6. The molecular weight excluding hydrogens is 217 g/mol. The number of alkyl halides is 3. The zero-order valence-corrected chi connectivity index (χ0v) is 9.14. The van der Waals surface area contributed by atoms with E-state index >= 15 is 0 Å². The highest BCUT2D eigenvalue weighted by atomic mass is 19.4. The molecule has 0 aliphatic heterocycles. The van der Waals surface area contributed by atoms with Gasteiger partial charge < -0.3 is 5.11 Å². The van der Waals surface area contributed by atoms with Crippen LogP contribution in [0.25, 0.3) is 0 Å². The molecule has 4 heteroatoms. The molecule has 0 aromatic heterocycles. The molecule has 0 aromatic carbocycles. The summed E-state index contributed by atoms with van der Waals surface area (Å²) in [5.41, 5.74) is 0.149. The Morgan fingerprint density at radius 2 is 2.00 bits per heavy atom. The summed E-state index contributed by atoms with van der Waals surface area (Å²) < 4.78 is 38.0. The fourth-order valence-corrected chi connectivity index (χ4v) is 1.66. The Balaban J connectivity index is 3.01. The summed E-state index contributed by atoms with van der Waals surface area (Å²) in [5.74, 6) is 0. The SMILES string of the molecule is C=C1/C=C\C(C)=C(\C(F)(F)F)CCC[C@@H]1O. The van der Waals surface area contributed by atoms with E-state index in [4.69, 9.17) is 0 Å². The Morgan fingerprint density at radius 1 is 1.38 bits per heavy atom. The minimum atomic E-state index is -4.29. The summed E-state index contributed by atoms with van der Waals surface area (Å²) >= 11 is 0. The maximum absolute atomic E-state index is 12.7. The summed E-state index contributed by atoms with van der Waals surface area (Å²) in [7, 11) is 0. The summed E-state index contributed by atoms with van der Waals surface area (Å²) in [6.07, 6.45) is -1.62. The van der Waals surface area contributed by atoms with Gasteiger partial charge in [0.2, 0.25) is 0 Å². The summed E-state index contributed by atoms with van der Waals surface area (Å²) in [6, 6.07) is 0. The van der Waals surface area contributed by atoms with E-state index in [1.54, 1.807) is 0 Å². The molecule has 0 saturated carbocycles. The Kier molecular flexibility index (Phi) is 3.97. The number of hydrogen-bond donors (Lipinski definition) is 1. The third-order valence-electron chi connectivity index (χ3n) is 2.70. The van der Waals surface area contributed by atoms with Crippen LogP contribution in [0.4, 0.5) is 13.2 Å². The van der Waals surface area contributed by atoms with Gasteiger partial charge >= 0.3 is 6.18 Å². The maximum atomic E-state index is 12.7. The third kappa shape index (κ3) is 3.23. The van der Waals surface area contributed by atoms with Crippen molar-refractivity contribution in [1.82, 2.24) is 0 Å². The molecule has 0 aromatic rings. The van der Waals surface area contributed by atoms with E-state index in [1.165, 1.54) is 19.1 Å². The Labute approximate surface area is 93.0 Å². The van der Waals surface area contributed by atoms with Gasteiger partial charge in [0.1, 0.15) is 0 Å². The number of rotatable bonds is 0. The predicted octanol–water partition coefficient (Wildman–Crippen LogP) is 3.52. The van der Waals surface area contributed by atoms with E-state index in [2.05, 4.69) is 6.58 Å². The van der Waals surface area contributed by atoms with Crippen LogP contribution in [0.15, 0.2) is 35.5 Å². The first-order chi connectivity index (χ1) is 7.32. The number of halogens is 3. The lowest BCUT2D eigenvalue weighted by atomic mass is 10.0. The van der Waals surface area contributed by atoms with Crippen LogP contribution in [0.1, 0.15) is 26.2 Å². The van der Waals surface area contributed by atoms with E-state index in [0.29, 0.717) is 18.4 Å². The predicted molar refractivity (Wildman–Crippen MR) is 56.9 cm³/mol. The molecule has 1 aliphatic rings. The minimum Gasteiger partial charge on any atom is -0.388 e. The lowest BCUT2D eigenvalue weighted by molar-refractivity contribution is -0.0949. The van der Waals surface area contributed by atoms with Gasteiger partial charge in [-0.05, 0) is 37.3 Å². The zero-order chi connectivity index (χ0) is 12.3. The van der Waals surface area contributed by atoms with E-state index in [1.807, 2.05) is 0 Å². The van der Waals surface area contributed by atoms with Crippen molar-refractivity contribution in [3.05, 3.63) is 35.5 Å². The van der Waals surface area contributed by atoms with Gasteiger partial charge in [0, 0.05) is 5.57 Å².